The van der Waals surface area contributed by atoms with E-state index in [1.807, 2.05) is 41.9 Å². The molecule has 2 heterocycles. The number of amides is 2. The molecule has 0 atom stereocenters. The first kappa shape index (κ1) is 17.3. The van der Waals surface area contributed by atoms with Crippen LogP contribution in [0.3, 0.4) is 0 Å². The first-order chi connectivity index (χ1) is 13.1. The summed E-state index contributed by atoms with van der Waals surface area (Å²) < 4.78 is 1.85. The van der Waals surface area contributed by atoms with Crippen LogP contribution in [0.4, 0.5) is 11.4 Å². The van der Waals surface area contributed by atoms with Crippen LogP contribution in [0.1, 0.15) is 22.3 Å². The van der Waals surface area contributed by atoms with E-state index in [1.165, 1.54) is 11.8 Å². The first-order valence-electron chi connectivity index (χ1n) is 8.44. The maximum absolute atomic E-state index is 12.5. The van der Waals surface area contributed by atoms with Gasteiger partial charge in [0.05, 0.1) is 0 Å². The average molecular weight is 379 g/mol. The molecule has 2 aromatic carbocycles. The molecule has 0 radical (unpaired) electrons. The van der Waals surface area contributed by atoms with Gasteiger partial charge in [0.2, 0.25) is 5.91 Å². The van der Waals surface area contributed by atoms with Gasteiger partial charge in [-0.3, -0.25) is 9.59 Å². The third-order valence-corrected chi connectivity index (χ3v) is 5.31. The number of anilines is 2. The minimum absolute atomic E-state index is 0.0129. The van der Waals surface area contributed by atoms with Crippen LogP contribution < -0.4 is 10.6 Å². The molecule has 0 aliphatic carbocycles. The van der Waals surface area contributed by atoms with Crippen LogP contribution in [-0.4, -0.2) is 26.6 Å². The van der Waals surface area contributed by atoms with Gasteiger partial charge in [0.25, 0.3) is 5.91 Å². The van der Waals surface area contributed by atoms with Crippen molar-refractivity contribution in [3.63, 3.8) is 0 Å². The standard InChI is InChI=1S/C19H17N5O2S/c1-24-11-20-23-19(24)27-15-6-4-14(5-7-15)21-18(26)13-2-8-16-12(10-13)3-9-17(25)22-16/h2,4-8,10-11H,3,9H2,1H3,(H,21,26)(H,22,25). The van der Waals surface area contributed by atoms with E-state index in [2.05, 4.69) is 20.8 Å². The second-order valence-electron chi connectivity index (χ2n) is 6.23. The van der Waals surface area contributed by atoms with E-state index >= 15 is 0 Å². The Hall–Kier alpha value is -3.13. The van der Waals surface area contributed by atoms with Crippen molar-refractivity contribution in [2.45, 2.75) is 22.9 Å². The highest BCUT2D eigenvalue weighted by Gasteiger charge is 2.16. The number of carbonyl (C=O) groups is 2. The zero-order valence-electron chi connectivity index (χ0n) is 14.6. The fraction of sp³-hybridized carbons (Fsp3) is 0.158. The Morgan fingerprint density at radius 1 is 1.19 bits per heavy atom. The number of nitrogens with one attached hydrogen (secondary N) is 2. The summed E-state index contributed by atoms with van der Waals surface area (Å²) in [5.41, 5.74) is 3.06. The zero-order valence-corrected chi connectivity index (χ0v) is 15.4. The molecule has 0 unspecified atom stereocenters. The lowest BCUT2D eigenvalue weighted by Gasteiger charge is -2.17. The van der Waals surface area contributed by atoms with E-state index in [-0.39, 0.29) is 11.8 Å². The lowest BCUT2D eigenvalue weighted by atomic mass is 10.00. The van der Waals surface area contributed by atoms with Gasteiger partial charge in [0.1, 0.15) is 6.33 Å². The predicted molar refractivity (Wildman–Crippen MR) is 103 cm³/mol. The Bertz CT molecular complexity index is 1010. The van der Waals surface area contributed by atoms with Gasteiger partial charge in [0.15, 0.2) is 5.16 Å². The van der Waals surface area contributed by atoms with E-state index in [4.69, 9.17) is 0 Å². The fourth-order valence-electron chi connectivity index (χ4n) is 2.80. The quantitative estimate of drug-likeness (QED) is 0.727. The van der Waals surface area contributed by atoms with Gasteiger partial charge in [-0.05, 0) is 66.2 Å². The van der Waals surface area contributed by atoms with Crippen molar-refractivity contribution in [1.82, 2.24) is 14.8 Å². The van der Waals surface area contributed by atoms with Gasteiger partial charge < -0.3 is 15.2 Å². The summed E-state index contributed by atoms with van der Waals surface area (Å²) in [4.78, 5) is 25.0. The highest BCUT2D eigenvalue weighted by Crippen LogP contribution is 2.27. The van der Waals surface area contributed by atoms with Crippen molar-refractivity contribution >= 4 is 35.0 Å². The number of hydrogen-bond acceptors (Lipinski definition) is 5. The summed E-state index contributed by atoms with van der Waals surface area (Å²) in [5.74, 6) is -0.164. The third kappa shape index (κ3) is 3.85. The average Bonchev–Trinajstić information content (AvgIpc) is 3.07. The Balaban J connectivity index is 1.44. The molecule has 0 saturated heterocycles. The van der Waals surface area contributed by atoms with Gasteiger partial charge in [-0.2, -0.15) is 0 Å². The van der Waals surface area contributed by atoms with Crippen LogP contribution in [0.2, 0.25) is 0 Å². The Kier molecular flexibility index (Phi) is 4.64. The molecule has 1 aliphatic rings. The smallest absolute Gasteiger partial charge is 0.255 e. The lowest BCUT2D eigenvalue weighted by molar-refractivity contribution is -0.116. The lowest BCUT2D eigenvalue weighted by Crippen LogP contribution is -2.20. The third-order valence-electron chi connectivity index (χ3n) is 4.25. The second kappa shape index (κ2) is 7.24. The van der Waals surface area contributed by atoms with Crippen molar-refractivity contribution in [3.8, 4) is 0 Å². The molecule has 2 amide bonds. The Morgan fingerprint density at radius 3 is 2.74 bits per heavy atom. The molecule has 1 aliphatic heterocycles. The SMILES string of the molecule is Cn1cnnc1Sc1ccc(NC(=O)c2ccc3c(c2)CCC(=O)N3)cc1. The van der Waals surface area contributed by atoms with Gasteiger partial charge >= 0.3 is 0 Å². The van der Waals surface area contributed by atoms with Gasteiger partial charge in [-0.25, -0.2) is 0 Å². The van der Waals surface area contributed by atoms with Gasteiger partial charge in [0, 0.05) is 35.3 Å². The predicted octanol–water partition coefficient (Wildman–Crippen LogP) is 3.10. The van der Waals surface area contributed by atoms with Crippen molar-refractivity contribution in [1.29, 1.82) is 0 Å². The number of nitrogens with zero attached hydrogens (tertiary/aromatic N) is 3. The van der Waals surface area contributed by atoms with E-state index in [0.717, 1.165) is 21.3 Å². The number of carbonyl (C=O) groups excluding carboxylic acids is 2. The van der Waals surface area contributed by atoms with E-state index in [0.29, 0.717) is 24.1 Å². The maximum Gasteiger partial charge on any atom is 0.255 e. The molecule has 2 N–H and O–H groups in total. The Morgan fingerprint density at radius 2 is 2.00 bits per heavy atom. The molecular weight excluding hydrogens is 362 g/mol. The molecule has 3 aromatic rings. The molecule has 136 valence electrons. The molecule has 4 rings (SSSR count). The minimum atomic E-state index is -0.177. The largest absolute Gasteiger partial charge is 0.326 e. The number of rotatable bonds is 4. The molecular formula is C19H17N5O2S. The molecule has 7 nitrogen and oxygen atoms in total. The summed E-state index contributed by atoms with van der Waals surface area (Å²) in [6.07, 6.45) is 2.75. The number of aromatic nitrogens is 3. The van der Waals surface area contributed by atoms with E-state index in [1.54, 1.807) is 18.5 Å². The maximum atomic E-state index is 12.5. The highest BCUT2D eigenvalue weighted by atomic mass is 32.2. The van der Waals surface area contributed by atoms with E-state index < -0.39 is 0 Å². The van der Waals surface area contributed by atoms with Crippen LogP contribution in [0.15, 0.2) is 58.8 Å². The van der Waals surface area contributed by atoms with Crippen molar-refractivity contribution in [3.05, 3.63) is 59.9 Å². The summed E-state index contributed by atoms with van der Waals surface area (Å²) in [6.45, 7) is 0. The molecule has 27 heavy (non-hydrogen) atoms. The number of fused-ring (bicyclic) bond motifs is 1. The van der Waals surface area contributed by atoms with Crippen molar-refractivity contribution < 1.29 is 9.59 Å². The molecule has 0 bridgehead atoms. The minimum Gasteiger partial charge on any atom is -0.326 e. The number of benzene rings is 2. The van der Waals surface area contributed by atoms with Crippen LogP contribution in [0.5, 0.6) is 0 Å². The zero-order chi connectivity index (χ0) is 18.8. The molecule has 1 aromatic heterocycles. The summed E-state index contributed by atoms with van der Waals surface area (Å²) in [6, 6.07) is 12.9. The fourth-order valence-corrected chi connectivity index (χ4v) is 3.57. The molecule has 0 spiro atoms. The molecule has 0 fully saturated rings. The van der Waals surface area contributed by atoms with Crippen molar-refractivity contribution in [2.75, 3.05) is 10.6 Å². The van der Waals surface area contributed by atoms with Gasteiger partial charge in [-0.15, -0.1) is 10.2 Å². The Labute approximate surface area is 160 Å². The normalized spacial score (nSPS) is 13.0. The van der Waals surface area contributed by atoms with E-state index in [9.17, 15) is 9.59 Å². The molecule has 0 saturated carbocycles. The number of hydrogen-bond donors (Lipinski definition) is 2. The van der Waals surface area contributed by atoms with Crippen LogP contribution in [0.25, 0.3) is 0 Å². The van der Waals surface area contributed by atoms with Crippen LogP contribution in [-0.2, 0) is 18.3 Å². The highest BCUT2D eigenvalue weighted by molar-refractivity contribution is 7.99. The first-order valence-corrected chi connectivity index (χ1v) is 9.26. The molecule has 8 heteroatoms. The van der Waals surface area contributed by atoms with Crippen LogP contribution >= 0.6 is 11.8 Å². The monoisotopic (exact) mass is 379 g/mol. The van der Waals surface area contributed by atoms with Gasteiger partial charge in [-0.1, -0.05) is 0 Å². The summed E-state index contributed by atoms with van der Waals surface area (Å²) in [7, 11) is 1.89. The topological polar surface area (TPSA) is 88.9 Å². The summed E-state index contributed by atoms with van der Waals surface area (Å²) in [5, 5.41) is 14.4. The second-order valence-corrected chi connectivity index (χ2v) is 7.27. The number of aryl methyl sites for hydroxylation is 2. The van der Waals surface area contributed by atoms with Crippen molar-refractivity contribution in [2.24, 2.45) is 7.05 Å². The van der Waals surface area contributed by atoms with Crippen LogP contribution in [0, 0.1) is 0 Å². The summed E-state index contributed by atoms with van der Waals surface area (Å²) >= 11 is 1.50.